The maximum atomic E-state index is 12.5. The summed E-state index contributed by atoms with van der Waals surface area (Å²) in [7, 11) is 0. The highest BCUT2D eigenvalue weighted by molar-refractivity contribution is 7.08. The topological polar surface area (TPSA) is 38.1 Å². The van der Waals surface area contributed by atoms with Crippen LogP contribution in [0.3, 0.4) is 0 Å². The molecule has 1 atom stereocenters. The third-order valence-electron chi connectivity index (χ3n) is 4.59. The number of thiophene rings is 1. The molecule has 4 nitrogen and oxygen atoms in total. The standard InChI is InChI=1S/C18H19N3OS/c1-13-19-16-4-2-3-5-17(16)21(13)15-6-8-20(11-15)18(22)10-14-7-9-23-12-14/h2-5,7,9,12,15H,6,8,10-11H2,1H3. The van der Waals surface area contributed by atoms with Crippen molar-refractivity contribution in [2.45, 2.75) is 25.8 Å². The van der Waals surface area contributed by atoms with Crippen LogP contribution >= 0.6 is 11.3 Å². The molecule has 1 amide bonds. The zero-order chi connectivity index (χ0) is 15.8. The van der Waals surface area contributed by atoms with Crippen molar-refractivity contribution in [1.29, 1.82) is 0 Å². The average molecular weight is 325 g/mol. The fourth-order valence-corrected chi connectivity index (χ4v) is 4.15. The summed E-state index contributed by atoms with van der Waals surface area (Å²) >= 11 is 1.64. The summed E-state index contributed by atoms with van der Waals surface area (Å²) in [5.74, 6) is 1.26. The van der Waals surface area contributed by atoms with E-state index in [1.165, 1.54) is 5.52 Å². The molecule has 3 heterocycles. The molecule has 0 saturated carbocycles. The van der Waals surface area contributed by atoms with Crippen molar-refractivity contribution in [3.8, 4) is 0 Å². The Labute approximate surface area is 139 Å². The lowest BCUT2D eigenvalue weighted by Gasteiger charge is -2.18. The van der Waals surface area contributed by atoms with E-state index >= 15 is 0 Å². The molecule has 1 saturated heterocycles. The Morgan fingerprint density at radius 2 is 2.22 bits per heavy atom. The number of hydrogen-bond donors (Lipinski definition) is 0. The number of para-hydroxylation sites is 2. The summed E-state index contributed by atoms with van der Waals surface area (Å²) in [6, 6.07) is 10.6. The fourth-order valence-electron chi connectivity index (χ4n) is 3.48. The molecule has 1 unspecified atom stereocenters. The van der Waals surface area contributed by atoms with Gasteiger partial charge in [0.05, 0.1) is 23.5 Å². The summed E-state index contributed by atoms with van der Waals surface area (Å²) in [5, 5.41) is 4.08. The van der Waals surface area contributed by atoms with E-state index in [1.54, 1.807) is 11.3 Å². The van der Waals surface area contributed by atoms with Crippen molar-refractivity contribution in [2.24, 2.45) is 0 Å². The SMILES string of the molecule is Cc1nc2ccccc2n1C1CCN(C(=O)Cc2ccsc2)C1. The molecule has 23 heavy (non-hydrogen) atoms. The number of hydrogen-bond acceptors (Lipinski definition) is 3. The molecule has 1 aliphatic rings. The molecule has 1 aliphatic heterocycles. The van der Waals surface area contributed by atoms with Gasteiger partial charge in [-0.25, -0.2) is 4.98 Å². The minimum Gasteiger partial charge on any atom is -0.340 e. The van der Waals surface area contributed by atoms with Gasteiger partial charge in [-0.1, -0.05) is 12.1 Å². The van der Waals surface area contributed by atoms with E-state index in [2.05, 4.69) is 27.9 Å². The Kier molecular flexibility index (Phi) is 3.65. The Morgan fingerprint density at radius 3 is 3.04 bits per heavy atom. The molecule has 0 aliphatic carbocycles. The highest BCUT2D eigenvalue weighted by Crippen LogP contribution is 2.28. The molecular formula is C18H19N3OS. The maximum Gasteiger partial charge on any atom is 0.227 e. The van der Waals surface area contributed by atoms with Gasteiger partial charge in [0, 0.05) is 13.1 Å². The number of carbonyl (C=O) groups excluding carboxylic acids is 1. The van der Waals surface area contributed by atoms with Crippen molar-refractivity contribution < 1.29 is 4.79 Å². The molecule has 0 N–H and O–H groups in total. The smallest absolute Gasteiger partial charge is 0.227 e. The van der Waals surface area contributed by atoms with Crippen molar-refractivity contribution >= 4 is 28.3 Å². The van der Waals surface area contributed by atoms with Crippen LogP contribution in [0.15, 0.2) is 41.1 Å². The molecule has 118 valence electrons. The summed E-state index contributed by atoms with van der Waals surface area (Å²) in [6.07, 6.45) is 1.51. The fraction of sp³-hybridized carbons (Fsp3) is 0.333. The molecule has 4 rings (SSSR count). The van der Waals surface area contributed by atoms with Crippen LogP contribution in [0.5, 0.6) is 0 Å². The normalized spacial score (nSPS) is 18.0. The van der Waals surface area contributed by atoms with Gasteiger partial charge in [-0.05, 0) is 47.9 Å². The van der Waals surface area contributed by atoms with Crippen molar-refractivity contribution in [1.82, 2.24) is 14.5 Å². The second kappa shape index (κ2) is 5.81. The first-order valence-corrected chi connectivity index (χ1v) is 8.89. The lowest BCUT2D eigenvalue weighted by molar-refractivity contribution is -0.129. The number of carbonyl (C=O) groups is 1. The summed E-state index contributed by atoms with van der Waals surface area (Å²) < 4.78 is 2.30. The highest BCUT2D eigenvalue weighted by Gasteiger charge is 2.29. The molecule has 2 aromatic heterocycles. The van der Waals surface area contributed by atoms with E-state index in [4.69, 9.17) is 0 Å². The number of benzene rings is 1. The van der Waals surface area contributed by atoms with Crippen LogP contribution < -0.4 is 0 Å². The molecule has 0 spiro atoms. The Hall–Kier alpha value is -2.14. The van der Waals surface area contributed by atoms with Crippen molar-refractivity contribution in [2.75, 3.05) is 13.1 Å². The zero-order valence-electron chi connectivity index (χ0n) is 13.1. The zero-order valence-corrected chi connectivity index (χ0v) is 13.9. The summed E-state index contributed by atoms with van der Waals surface area (Å²) in [5.41, 5.74) is 3.32. The molecule has 0 radical (unpaired) electrons. The number of imidazole rings is 1. The van der Waals surface area contributed by atoms with E-state index in [-0.39, 0.29) is 5.91 Å². The van der Waals surface area contributed by atoms with Crippen LogP contribution in [0.1, 0.15) is 23.9 Å². The van der Waals surface area contributed by atoms with Crippen molar-refractivity contribution in [3.63, 3.8) is 0 Å². The lowest BCUT2D eigenvalue weighted by Crippen LogP contribution is -2.30. The van der Waals surface area contributed by atoms with Gasteiger partial charge in [0.25, 0.3) is 0 Å². The van der Waals surface area contributed by atoms with Crippen LogP contribution in [0.4, 0.5) is 0 Å². The Balaban J connectivity index is 1.53. The molecule has 1 aromatic carbocycles. The lowest BCUT2D eigenvalue weighted by atomic mass is 10.2. The van der Waals surface area contributed by atoms with Gasteiger partial charge < -0.3 is 9.47 Å². The summed E-state index contributed by atoms with van der Waals surface area (Å²) in [4.78, 5) is 19.1. The van der Waals surface area contributed by atoms with Crippen LogP contribution in [0.2, 0.25) is 0 Å². The monoisotopic (exact) mass is 325 g/mol. The summed E-state index contributed by atoms with van der Waals surface area (Å²) in [6.45, 7) is 3.67. The van der Waals surface area contributed by atoms with Gasteiger partial charge in [-0.15, -0.1) is 0 Å². The minimum atomic E-state index is 0.230. The number of aromatic nitrogens is 2. The molecule has 0 bridgehead atoms. The number of rotatable bonds is 3. The quantitative estimate of drug-likeness (QED) is 0.740. The number of likely N-dealkylation sites (tertiary alicyclic amines) is 1. The van der Waals surface area contributed by atoms with Crippen molar-refractivity contribution in [3.05, 3.63) is 52.5 Å². The second-order valence-corrected chi connectivity index (χ2v) is 6.89. The molecular weight excluding hydrogens is 306 g/mol. The predicted molar refractivity (Wildman–Crippen MR) is 92.7 cm³/mol. The number of fused-ring (bicyclic) bond motifs is 1. The maximum absolute atomic E-state index is 12.5. The van der Waals surface area contributed by atoms with Crippen LogP contribution in [0.25, 0.3) is 11.0 Å². The number of nitrogens with zero attached hydrogens (tertiary/aromatic N) is 3. The predicted octanol–water partition coefficient (Wildman–Crippen LogP) is 3.42. The van der Waals surface area contributed by atoms with Gasteiger partial charge in [0.2, 0.25) is 5.91 Å². The van der Waals surface area contributed by atoms with E-state index in [0.717, 1.165) is 36.4 Å². The Bertz CT molecular complexity index is 837. The molecule has 5 heteroatoms. The third-order valence-corrected chi connectivity index (χ3v) is 5.32. The molecule has 1 fully saturated rings. The average Bonchev–Trinajstić information content (AvgIpc) is 3.25. The Morgan fingerprint density at radius 1 is 1.35 bits per heavy atom. The van der Waals surface area contributed by atoms with Gasteiger partial charge in [-0.2, -0.15) is 11.3 Å². The van der Waals surface area contributed by atoms with E-state index in [0.29, 0.717) is 12.5 Å². The number of aryl methyl sites for hydroxylation is 1. The van der Waals surface area contributed by atoms with E-state index < -0.39 is 0 Å². The van der Waals surface area contributed by atoms with Crippen LogP contribution in [-0.2, 0) is 11.2 Å². The van der Waals surface area contributed by atoms with Gasteiger partial charge in [-0.3, -0.25) is 4.79 Å². The third kappa shape index (κ3) is 2.65. The first kappa shape index (κ1) is 14.5. The van der Waals surface area contributed by atoms with E-state index in [9.17, 15) is 4.79 Å². The van der Waals surface area contributed by atoms with E-state index in [1.807, 2.05) is 34.5 Å². The minimum absolute atomic E-state index is 0.230. The van der Waals surface area contributed by atoms with Gasteiger partial charge in [0.15, 0.2) is 0 Å². The largest absolute Gasteiger partial charge is 0.340 e. The van der Waals surface area contributed by atoms with Crippen LogP contribution in [0, 0.1) is 6.92 Å². The first-order chi connectivity index (χ1) is 11.2. The first-order valence-electron chi connectivity index (χ1n) is 7.95. The van der Waals surface area contributed by atoms with Gasteiger partial charge in [0.1, 0.15) is 5.82 Å². The number of amides is 1. The second-order valence-electron chi connectivity index (χ2n) is 6.11. The highest BCUT2D eigenvalue weighted by atomic mass is 32.1. The van der Waals surface area contributed by atoms with Crippen LogP contribution in [-0.4, -0.2) is 33.4 Å². The molecule has 3 aromatic rings. The van der Waals surface area contributed by atoms with Gasteiger partial charge >= 0.3 is 0 Å².